The molecule has 6 rings (SSSR count). The number of rotatable bonds is 14. The zero-order valence-electron chi connectivity index (χ0n) is 37.8. The highest BCUT2D eigenvalue weighted by Gasteiger charge is 2.21. The Balaban J connectivity index is 0.000000242. The van der Waals surface area contributed by atoms with Crippen molar-refractivity contribution in [3.05, 3.63) is 146 Å². The van der Waals surface area contributed by atoms with Gasteiger partial charge in [0.25, 0.3) is 11.1 Å². The van der Waals surface area contributed by atoms with E-state index < -0.39 is 35.8 Å². The van der Waals surface area contributed by atoms with Crippen LogP contribution in [-0.2, 0) is 45.0 Å². The van der Waals surface area contributed by atoms with Gasteiger partial charge in [-0.15, -0.1) is 0 Å². The molecule has 8 N–H and O–H groups in total. The Hall–Kier alpha value is -6.90. The Morgan fingerprint density at radius 2 is 1.12 bits per heavy atom. The van der Waals surface area contributed by atoms with E-state index in [-0.39, 0.29) is 36.1 Å². The van der Waals surface area contributed by atoms with E-state index in [9.17, 15) is 19.2 Å². The molecule has 0 amide bonds. The average Bonchev–Trinajstić information content (AvgIpc) is 3.24. The number of nitrogens with two attached hydrogens (primary N) is 2. The Bertz CT molecular complexity index is 2640. The molecule has 0 bridgehead atoms. The van der Waals surface area contributed by atoms with Crippen molar-refractivity contribution >= 4 is 63.7 Å². The monoisotopic (exact) mass is 966 g/mol. The molecule has 2 aromatic carbocycles. The van der Waals surface area contributed by atoms with Crippen LogP contribution < -0.4 is 38.7 Å². The van der Waals surface area contributed by atoms with Crippen LogP contribution >= 0.6 is 15.9 Å². The van der Waals surface area contributed by atoms with Crippen LogP contribution in [0.5, 0.6) is 0 Å². The van der Waals surface area contributed by atoms with Crippen LogP contribution in [0.1, 0.15) is 52.7 Å². The van der Waals surface area contributed by atoms with Crippen molar-refractivity contribution < 1.29 is 29.1 Å². The molecule has 348 valence electrons. The van der Waals surface area contributed by atoms with Gasteiger partial charge in [0.1, 0.15) is 40.5 Å². The predicted molar refractivity (Wildman–Crippen MR) is 260 cm³/mol. The molecular weight excluding hydrogens is 911 g/mol. The third-order valence-corrected chi connectivity index (χ3v) is 9.39. The van der Waals surface area contributed by atoms with Gasteiger partial charge in [-0.25, -0.2) is 19.9 Å². The normalized spacial score (nSPS) is 10.9. The van der Waals surface area contributed by atoms with Gasteiger partial charge in [-0.3, -0.25) is 28.3 Å². The van der Waals surface area contributed by atoms with Crippen molar-refractivity contribution in [2.24, 2.45) is 0 Å². The smallest absolute Gasteiger partial charge is 0.459 e. The summed E-state index contributed by atoms with van der Waals surface area (Å²) in [5.74, 6) is -0.0200. The molecule has 0 atom stereocenters. The highest BCUT2D eigenvalue weighted by atomic mass is 79.9. The molecule has 0 unspecified atom stereocenters. The number of nitrogen functional groups attached to an aromatic ring is 2. The fraction of sp³-hybridized carbons (Fsp3) is 0.304. The minimum Gasteiger partial charge on any atom is -0.459 e. The minimum atomic E-state index is -1.47. The standard InChI is InChI=1S/C23H27N5O3.C18H22BrN3O3.C5H7BN2O2/c1-23(2,3)31-20(29)15-28-18(17-10-12-25-19(24)13-17)14-27-21(22(28)30)26-11-9-16-7-5-4-6-8-16;1-18(2,3)25-15(23)12-22-14(19)11-21-16(17(22)24)20-10-9-13-7-5-4-6-8-13;7-5-3-4(6(9)10)1-2-8-5/h4-8,10,12-14H,9,11,15H2,1-3H3,(H2,24,25)(H,26,27);4-8,11H,9-10,12H2,1-3H3,(H,20,21);1-3,9-10H,(H2,7,8). The average molecular weight is 968 g/mol. The summed E-state index contributed by atoms with van der Waals surface area (Å²) in [6.07, 6.45) is 7.51. The zero-order valence-corrected chi connectivity index (χ0v) is 39.4. The first-order valence-electron chi connectivity index (χ1n) is 20.8. The number of nitrogens with zero attached hydrogens (tertiary/aromatic N) is 6. The number of hydrogen-bond acceptors (Lipinski definition) is 16. The fourth-order valence-electron chi connectivity index (χ4n) is 5.91. The van der Waals surface area contributed by atoms with E-state index in [0.717, 1.165) is 18.4 Å². The van der Waals surface area contributed by atoms with E-state index in [0.29, 0.717) is 40.2 Å². The SMILES string of the molecule is CC(C)(C)OC(=O)Cn1c(-c2ccnc(N)c2)cnc(NCCc2ccccc2)c1=O.CC(C)(C)OC(=O)Cn1c(Br)cnc(NCCc2ccccc2)c1=O.Nc1cc(B(O)O)ccn1. The number of carbonyl (C=O) groups excluding carboxylic acids is 2. The number of aromatic nitrogens is 6. The van der Waals surface area contributed by atoms with Crippen LogP contribution in [0.4, 0.5) is 23.3 Å². The van der Waals surface area contributed by atoms with E-state index in [1.807, 2.05) is 60.7 Å². The molecule has 0 spiro atoms. The number of anilines is 4. The van der Waals surface area contributed by atoms with Crippen LogP contribution in [0.25, 0.3) is 11.3 Å². The van der Waals surface area contributed by atoms with E-state index in [1.54, 1.807) is 66.1 Å². The number of hydrogen-bond donors (Lipinski definition) is 6. The first-order valence-corrected chi connectivity index (χ1v) is 21.6. The maximum absolute atomic E-state index is 13.2. The maximum atomic E-state index is 13.2. The van der Waals surface area contributed by atoms with Gasteiger partial charge in [-0.05, 0) is 111 Å². The second-order valence-corrected chi connectivity index (χ2v) is 17.4. The number of pyridine rings is 2. The first-order chi connectivity index (χ1) is 31.2. The summed E-state index contributed by atoms with van der Waals surface area (Å²) >= 11 is 3.26. The van der Waals surface area contributed by atoms with Crippen molar-refractivity contribution in [3.8, 4) is 11.3 Å². The zero-order chi connectivity index (χ0) is 48.4. The number of nitrogens with one attached hydrogen (secondary N) is 2. The van der Waals surface area contributed by atoms with Gasteiger partial charge in [0.2, 0.25) is 0 Å². The van der Waals surface area contributed by atoms with E-state index in [4.69, 9.17) is 31.0 Å². The molecule has 20 heteroatoms. The lowest BCUT2D eigenvalue weighted by Crippen LogP contribution is -2.33. The van der Waals surface area contributed by atoms with Gasteiger partial charge in [0, 0.05) is 31.0 Å². The molecule has 0 aliphatic heterocycles. The largest absolute Gasteiger partial charge is 0.488 e. The lowest BCUT2D eigenvalue weighted by atomic mass is 9.81. The summed E-state index contributed by atoms with van der Waals surface area (Å²) < 4.78 is 13.8. The number of carbonyl (C=O) groups is 2. The molecule has 0 radical (unpaired) electrons. The predicted octanol–water partition coefficient (Wildman–Crippen LogP) is 4.23. The highest BCUT2D eigenvalue weighted by Crippen LogP contribution is 2.20. The molecule has 6 aromatic rings. The van der Waals surface area contributed by atoms with Crippen molar-refractivity contribution in [3.63, 3.8) is 0 Å². The summed E-state index contributed by atoms with van der Waals surface area (Å²) in [5, 5.41) is 23.4. The van der Waals surface area contributed by atoms with E-state index in [2.05, 4.69) is 46.5 Å². The lowest BCUT2D eigenvalue weighted by Gasteiger charge is -2.21. The number of benzene rings is 2. The van der Waals surface area contributed by atoms with Crippen LogP contribution in [0.15, 0.2) is 124 Å². The summed E-state index contributed by atoms with van der Waals surface area (Å²) in [6, 6.07) is 26.1. The first kappa shape index (κ1) is 51.7. The van der Waals surface area contributed by atoms with Gasteiger partial charge in [0.15, 0.2) is 11.6 Å². The van der Waals surface area contributed by atoms with Crippen LogP contribution in [0.2, 0.25) is 0 Å². The summed E-state index contributed by atoms with van der Waals surface area (Å²) in [6.45, 7) is 11.4. The van der Waals surface area contributed by atoms with Crippen molar-refractivity contribution in [1.82, 2.24) is 29.1 Å². The second kappa shape index (κ2) is 24.4. The molecule has 66 heavy (non-hydrogen) atoms. The summed E-state index contributed by atoms with van der Waals surface area (Å²) in [4.78, 5) is 66.3. The molecule has 0 fully saturated rings. The van der Waals surface area contributed by atoms with Crippen LogP contribution in [0, 0.1) is 0 Å². The Kier molecular flexibility index (Phi) is 19.1. The molecule has 0 aliphatic carbocycles. The third kappa shape index (κ3) is 17.6. The number of halogens is 1. The van der Waals surface area contributed by atoms with E-state index >= 15 is 0 Å². The Morgan fingerprint density at radius 1 is 0.667 bits per heavy atom. The van der Waals surface area contributed by atoms with Gasteiger partial charge in [0.05, 0.1) is 18.1 Å². The summed E-state index contributed by atoms with van der Waals surface area (Å²) in [5.41, 5.74) is 12.8. The fourth-order valence-corrected chi connectivity index (χ4v) is 6.30. The van der Waals surface area contributed by atoms with Crippen molar-refractivity contribution in [2.45, 2.75) is 78.7 Å². The van der Waals surface area contributed by atoms with Crippen LogP contribution in [0.3, 0.4) is 0 Å². The van der Waals surface area contributed by atoms with Gasteiger partial charge in [-0.1, -0.05) is 60.7 Å². The lowest BCUT2D eigenvalue weighted by molar-refractivity contribution is -0.156. The molecule has 4 aromatic heterocycles. The molecule has 0 aliphatic rings. The maximum Gasteiger partial charge on any atom is 0.488 e. The third-order valence-electron chi connectivity index (χ3n) is 8.75. The van der Waals surface area contributed by atoms with Gasteiger partial charge in [-0.2, -0.15) is 0 Å². The topological polar surface area (TPSA) is 265 Å². The molecule has 0 saturated carbocycles. The Labute approximate surface area is 391 Å². The van der Waals surface area contributed by atoms with Crippen LogP contribution in [-0.4, -0.2) is 82.5 Å². The molecule has 4 heterocycles. The number of ether oxygens (including phenoxy) is 2. The minimum absolute atomic E-state index is 0.172. The second-order valence-electron chi connectivity index (χ2n) is 16.6. The summed E-state index contributed by atoms with van der Waals surface area (Å²) in [7, 11) is -1.47. The van der Waals surface area contributed by atoms with Gasteiger partial charge < -0.3 is 41.6 Å². The Morgan fingerprint density at radius 3 is 1.58 bits per heavy atom. The molecule has 18 nitrogen and oxygen atoms in total. The number of esters is 2. The quantitative estimate of drug-likeness (QED) is 0.0659. The van der Waals surface area contributed by atoms with Crippen molar-refractivity contribution in [1.29, 1.82) is 0 Å². The van der Waals surface area contributed by atoms with Gasteiger partial charge >= 0.3 is 19.1 Å². The van der Waals surface area contributed by atoms with E-state index in [1.165, 1.54) is 39.2 Å². The molecular formula is C46H56BBrN10O8. The molecule has 0 saturated heterocycles. The highest BCUT2D eigenvalue weighted by molar-refractivity contribution is 9.10. The van der Waals surface area contributed by atoms with Crippen molar-refractivity contribution in [2.75, 3.05) is 35.2 Å².